The van der Waals surface area contributed by atoms with Crippen molar-refractivity contribution in [1.29, 1.82) is 0 Å². The highest BCUT2D eigenvalue weighted by Gasteiger charge is 2.62. The van der Waals surface area contributed by atoms with Crippen LogP contribution in [-0.4, -0.2) is 41.0 Å². The summed E-state index contributed by atoms with van der Waals surface area (Å²) in [6.45, 7) is 3.80. The average Bonchev–Trinajstić information content (AvgIpc) is 3.29. The Kier molecular flexibility index (Phi) is 3.48. The summed E-state index contributed by atoms with van der Waals surface area (Å²) in [5.41, 5.74) is 2.98. The van der Waals surface area contributed by atoms with Crippen LogP contribution in [0.4, 0.5) is 5.69 Å². The quantitative estimate of drug-likeness (QED) is 0.783. The highest BCUT2D eigenvalue weighted by Crippen LogP contribution is 2.48. The summed E-state index contributed by atoms with van der Waals surface area (Å²) < 4.78 is 0. The molecule has 26 heavy (non-hydrogen) atoms. The van der Waals surface area contributed by atoms with Gasteiger partial charge in [0.2, 0.25) is 5.91 Å². The topological polar surface area (TPSA) is 43.9 Å². The zero-order valence-corrected chi connectivity index (χ0v) is 14.7. The number of aryl methyl sites for hydroxylation is 1. The fraction of sp³-hybridized carbons (Fsp3) is 0.333. The zero-order valence-electron chi connectivity index (χ0n) is 14.7. The third-order valence-corrected chi connectivity index (χ3v) is 5.84. The summed E-state index contributed by atoms with van der Waals surface area (Å²) >= 11 is 0. The van der Waals surface area contributed by atoms with Crippen LogP contribution in [0.3, 0.4) is 0 Å². The molecule has 0 radical (unpaired) electrons. The Hall–Kier alpha value is -2.50. The van der Waals surface area contributed by atoms with Crippen LogP contribution in [0.5, 0.6) is 0 Å². The Balaban J connectivity index is 1.59. The average molecular weight is 347 g/mol. The van der Waals surface area contributed by atoms with E-state index in [4.69, 9.17) is 0 Å². The summed E-state index contributed by atoms with van der Waals surface area (Å²) in [4.78, 5) is 27.9. The first-order valence-electron chi connectivity index (χ1n) is 9.19. The molecular formula is C21H21N3O2. The number of fused-ring (bicyclic) bond motifs is 3. The van der Waals surface area contributed by atoms with Gasteiger partial charge in [-0.3, -0.25) is 9.59 Å². The van der Waals surface area contributed by atoms with E-state index in [-0.39, 0.29) is 29.8 Å². The molecule has 0 aromatic heterocycles. The molecule has 3 aliphatic heterocycles. The number of hydrazine groups is 1. The van der Waals surface area contributed by atoms with E-state index in [0.29, 0.717) is 5.69 Å². The fourth-order valence-corrected chi connectivity index (χ4v) is 4.71. The van der Waals surface area contributed by atoms with Crippen molar-refractivity contribution in [3.8, 4) is 0 Å². The molecule has 3 fully saturated rings. The van der Waals surface area contributed by atoms with Gasteiger partial charge in [-0.05, 0) is 31.0 Å². The van der Waals surface area contributed by atoms with Gasteiger partial charge in [-0.1, -0.05) is 48.0 Å². The lowest BCUT2D eigenvalue weighted by Gasteiger charge is -2.29. The number of carbonyl (C=O) groups excluding carboxylic acids is 2. The van der Waals surface area contributed by atoms with E-state index in [0.717, 1.165) is 25.1 Å². The maximum absolute atomic E-state index is 13.3. The molecule has 3 atom stereocenters. The molecule has 132 valence electrons. The number of hydrogen-bond acceptors (Lipinski definition) is 4. The standard InChI is InChI=1S/C21H21N3O2/c1-14-8-10-15(11-9-14)18-17-19(23-13-5-12-22(18)23)21(26)24(20(17)25)16-6-3-2-4-7-16/h2-4,6-11,17-19H,5,12-13H2,1H3/t17-,18+,19+/m0/s1. The Morgan fingerprint density at radius 1 is 0.808 bits per heavy atom. The Labute approximate surface area is 152 Å². The van der Waals surface area contributed by atoms with Crippen molar-refractivity contribution >= 4 is 17.5 Å². The van der Waals surface area contributed by atoms with Gasteiger partial charge in [-0.2, -0.15) is 0 Å². The number of benzene rings is 2. The highest BCUT2D eigenvalue weighted by molar-refractivity contribution is 6.24. The molecule has 0 N–H and O–H groups in total. The van der Waals surface area contributed by atoms with Crippen LogP contribution >= 0.6 is 0 Å². The number of rotatable bonds is 2. The third-order valence-electron chi connectivity index (χ3n) is 5.84. The van der Waals surface area contributed by atoms with Crippen molar-refractivity contribution in [3.63, 3.8) is 0 Å². The molecule has 0 saturated carbocycles. The molecule has 0 unspecified atom stereocenters. The number of carbonyl (C=O) groups is 2. The third kappa shape index (κ3) is 2.11. The monoisotopic (exact) mass is 347 g/mol. The number of nitrogens with zero attached hydrogens (tertiary/aromatic N) is 3. The maximum Gasteiger partial charge on any atom is 0.253 e. The van der Waals surface area contributed by atoms with Crippen LogP contribution in [0.15, 0.2) is 54.6 Å². The van der Waals surface area contributed by atoms with Gasteiger partial charge in [-0.15, -0.1) is 0 Å². The summed E-state index contributed by atoms with van der Waals surface area (Å²) in [5, 5.41) is 4.39. The largest absolute Gasteiger partial charge is 0.274 e. The van der Waals surface area contributed by atoms with Gasteiger partial charge >= 0.3 is 0 Å². The van der Waals surface area contributed by atoms with Crippen molar-refractivity contribution in [3.05, 3.63) is 65.7 Å². The van der Waals surface area contributed by atoms with E-state index in [1.165, 1.54) is 10.5 Å². The predicted octanol–water partition coefficient (Wildman–Crippen LogP) is 2.53. The van der Waals surface area contributed by atoms with Gasteiger partial charge in [0, 0.05) is 13.1 Å². The number of amides is 2. The molecule has 0 spiro atoms. The molecule has 2 aromatic rings. The smallest absolute Gasteiger partial charge is 0.253 e. The van der Waals surface area contributed by atoms with Crippen LogP contribution < -0.4 is 4.90 Å². The molecule has 2 aromatic carbocycles. The normalized spacial score (nSPS) is 28.7. The second kappa shape index (κ2) is 5.76. The van der Waals surface area contributed by atoms with E-state index in [9.17, 15) is 9.59 Å². The second-order valence-corrected chi connectivity index (χ2v) is 7.35. The van der Waals surface area contributed by atoms with E-state index in [1.54, 1.807) is 0 Å². The first kappa shape index (κ1) is 15.7. The lowest BCUT2D eigenvalue weighted by atomic mass is 9.89. The summed E-state index contributed by atoms with van der Waals surface area (Å²) in [6.07, 6.45) is 1.03. The minimum absolute atomic E-state index is 0.0618. The maximum atomic E-state index is 13.3. The molecule has 0 aliphatic carbocycles. The van der Waals surface area contributed by atoms with Crippen molar-refractivity contribution in [2.45, 2.75) is 25.4 Å². The van der Waals surface area contributed by atoms with Crippen molar-refractivity contribution in [2.75, 3.05) is 18.0 Å². The van der Waals surface area contributed by atoms with Gasteiger partial charge in [0.05, 0.1) is 17.6 Å². The first-order valence-corrected chi connectivity index (χ1v) is 9.19. The van der Waals surface area contributed by atoms with E-state index in [2.05, 4.69) is 41.2 Å². The fourth-order valence-electron chi connectivity index (χ4n) is 4.71. The molecule has 3 heterocycles. The van der Waals surface area contributed by atoms with Crippen molar-refractivity contribution in [1.82, 2.24) is 10.0 Å². The van der Waals surface area contributed by atoms with Gasteiger partial charge in [0.25, 0.3) is 5.91 Å². The minimum atomic E-state index is -0.378. The Bertz CT molecular complexity index is 865. The highest BCUT2D eigenvalue weighted by atomic mass is 16.2. The summed E-state index contributed by atoms with van der Waals surface area (Å²) in [7, 11) is 0. The predicted molar refractivity (Wildman–Crippen MR) is 98.2 cm³/mol. The lowest BCUT2D eigenvalue weighted by Crippen LogP contribution is -2.44. The molecular weight excluding hydrogens is 326 g/mol. The van der Waals surface area contributed by atoms with Gasteiger partial charge in [-0.25, -0.2) is 14.9 Å². The number of hydrogen-bond donors (Lipinski definition) is 0. The van der Waals surface area contributed by atoms with Gasteiger partial charge < -0.3 is 0 Å². The van der Waals surface area contributed by atoms with E-state index >= 15 is 0 Å². The first-order chi connectivity index (χ1) is 12.7. The number of imide groups is 1. The molecule has 5 heteroatoms. The molecule has 5 nitrogen and oxygen atoms in total. The molecule has 0 bridgehead atoms. The Morgan fingerprint density at radius 3 is 2.15 bits per heavy atom. The van der Waals surface area contributed by atoms with Crippen LogP contribution in [0.1, 0.15) is 23.6 Å². The Morgan fingerprint density at radius 2 is 1.46 bits per heavy atom. The lowest BCUT2D eigenvalue weighted by molar-refractivity contribution is -0.126. The SMILES string of the molecule is Cc1ccc([C@@H]2[C@@H]3C(=O)N(c4ccccc4)C(=O)[C@@H]3N3CCCN23)cc1. The molecule has 3 saturated heterocycles. The number of anilines is 1. The van der Waals surface area contributed by atoms with Crippen molar-refractivity contribution < 1.29 is 9.59 Å². The summed E-state index contributed by atoms with van der Waals surface area (Å²) in [5.74, 6) is -0.510. The van der Waals surface area contributed by atoms with Crippen LogP contribution in [0, 0.1) is 12.8 Å². The van der Waals surface area contributed by atoms with Gasteiger partial charge in [0.15, 0.2) is 0 Å². The summed E-state index contributed by atoms with van der Waals surface area (Å²) in [6, 6.07) is 17.2. The van der Waals surface area contributed by atoms with Crippen LogP contribution in [0.25, 0.3) is 0 Å². The number of para-hydroxylation sites is 1. The second-order valence-electron chi connectivity index (χ2n) is 7.35. The van der Waals surface area contributed by atoms with Crippen molar-refractivity contribution in [2.24, 2.45) is 5.92 Å². The van der Waals surface area contributed by atoms with Crippen LogP contribution in [0.2, 0.25) is 0 Å². The van der Waals surface area contributed by atoms with E-state index in [1.807, 2.05) is 30.3 Å². The molecule has 3 aliphatic rings. The molecule has 2 amide bonds. The zero-order chi connectivity index (χ0) is 17.8. The minimum Gasteiger partial charge on any atom is -0.274 e. The van der Waals surface area contributed by atoms with Gasteiger partial charge in [0.1, 0.15) is 6.04 Å². The molecule has 5 rings (SSSR count). The van der Waals surface area contributed by atoms with E-state index < -0.39 is 0 Å². The van der Waals surface area contributed by atoms with Crippen LogP contribution in [-0.2, 0) is 9.59 Å².